The first-order valence-corrected chi connectivity index (χ1v) is 6.48. The molecule has 1 aromatic heterocycles. The summed E-state index contributed by atoms with van der Waals surface area (Å²) in [5.74, 6) is 0. The first-order chi connectivity index (χ1) is 5.85. The predicted molar refractivity (Wildman–Crippen MR) is 58.1 cm³/mol. The summed E-state index contributed by atoms with van der Waals surface area (Å²) in [7, 11) is 0. The van der Waals surface area contributed by atoms with Gasteiger partial charge in [0.15, 0.2) is 0 Å². The fraction of sp³-hybridized carbons (Fsp3) is 0.600. The summed E-state index contributed by atoms with van der Waals surface area (Å²) < 4.78 is 0. The van der Waals surface area contributed by atoms with Crippen LogP contribution in [0, 0.1) is 5.41 Å². The Morgan fingerprint density at radius 2 is 2.33 bits per heavy atom. The number of hydrogen-bond acceptors (Lipinski definition) is 1. The van der Waals surface area contributed by atoms with E-state index in [9.17, 15) is 0 Å². The summed E-state index contributed by atoms with van der Waals surface area (Å²) in [5, 5.41) is 5.64. The summed E-state index contributed by atoms with van der Waals surface area (Å²) in [5.41, 5.74) is 2.20. The van der Waals surface area contributed by atoms with E-state index in [-0.39, 0.29) is 0 Å². The fourth-order valence-electron chi connectivity index (χ4n) is 1.47. The number of rotatable bonds is 4. The first kappa shape index (κ1) is 8.76. The van der Waals surface area contributed by atoms with Gasteiger partial charge < -0.3 is 0 Å². The number of alkyl halides is 1. The Bertz CT molecular complexity index is 236. The van der Waals surface area contributed by atoms with Crippen LogP contribution in [0.5, 0.6) is 0 Å². The Labute approximate surface area is 86.1 Å². The van der Waals surface area contributed by atoms with Crippen molar-refractivity contribution in [1.29, 1.82) is 0 Å². The maximum absolute atomic E-state index is 3.60. The molecular weight excluding hydrogens is 232 g/mol. The normalized spacial score (nSPS) is 19.4. The second kappa shape index (κ2) is 3.51. The lowest BCUT2D eigenvalue weighted by Gasteiger charge is -2.09. The smallest absolute Gasteiger partial charge is 0.00880 e. The van der Waals surface area contributed by atoms with Crippen molar-refractivity contribution in [3.63, 3.8) is 0 Å². The van der Waals surface area contributed by atoms with Gasteiger partial charge in [0, 0.05) is 5.33 Å². The van der Waals surface area contributed by atoms with E-state index >= 15 is 0 Å². The molecule has 2 rings (SSSR count). The van der Waals surface area contributed by atoms with E-state index in [1.54, 1.807) is 11.3 Å². The van der Waals surface area contributed by atoms with Crippen LogP contribution in [0.2, 0.25) is 0 Å². The van der Waals surface area contributed by atoms with Gasteiger partial charge in [-0.2, -0.15) is 11.3 Å². The lowest BCUT2D eigenvalue weighted by molar-refractivity contribution is 0.532. The molecule has 0 N–H and O–H groups in total. The third-order valence-electron chi connectivity index (χ3n) is 2.76. The van der Waals surface area contributed by atoms with Gasteiger partial charge in [-0.3, -0.25) is 0 Å². The monoisotopic (exact) mass is 244 g/mol. The predicted octanol–water partition coefficient (Wildman–Crippen LogP) is 3.86. The minimum Gasteiger partial charge on any atom is -0.152 e. The van der Waals surface area contributed by atoms with E-state index < -0.39 is 0 Å². The first-order valence-electron chi connectivity index (χ1n) is 4.42. The molecule has 0 radical (unpaired) electrons. The van der Waals surface area contributed by atoms with Gasteiger partial charge >= 0.3 is 0 Å². The largest absolute Gasteiger partial charge is 0.152 e. The van der Waals surface area contributed by atoms with Crippen molar-refractivity contribution < 1.29 is 0 Å². The molecule has 1 fully saturated rings. The maximum atomic E-state index is 3.60. The number of halogens is 1. The highest BCUT2D eigenvalue weighted by Crippen LogP contribution is 2.50. The highest BCUT2D eigenvalue weighted by atomic mass is 79.9. The molecule has 1 heterocycles. The Balaban J connectivity index is 1.83. The quantitative estimate of drug-likeness (QED) is 0.706. The van der Waals surface area contributed by atoms with Gasteiger partial charge in [0.2, 0.25) is 0 Å². The molecule has 0 atom stereocenters. The molecule has 66 valence electrons. The van der Waals surface area contributed by atoms with Gasteiger partial charge in [-0.1, -0.05) is 15.9 Å². The molecule has 0 unspecified atom stereocenters. The third-order valence-corrected chi connectivity index (χ3v) is 4.69. The zero-order chi connectivity index (χ0) is 8.44. The van der Waals surface area contributed by atoms with Crippen LogP contribution >= 0.6 is 27.3 Å². The van der Waals surface area contributed by atoms with Crippen molar-refractivity contribution in [3.05, 3.63) is 22.4 Å². The second-order valence-corrected chi connectivity index (χ2v) is 5.11. The highest BCUT2D eigenvalue weighted by Gasteiger charge is 2.40. The van der Waals surface area contributed by atoms with Crippen LogP contribution in [0.3, 0.4) is 0 Å². The van der Waals surface area contributed by atoms with Crippen molar-refractivity contribution in [3.8, 4) is 0 Å². The SMILES string of the molecule is BrCC1(CCc2ccsc2)CC1. The third kappa shape index (κ3) is 1.91. The van der Waals surface area contributed by atoms with Gasteiger partial charge in [0.1, 0.15) is 0 Å². The summed E-state index contributed by atoms with van der Waals surface area (Å²) in [6.07, 6.45) is 5.51. The van der Waals surface area contributed by atoms with Gasteiger partial charge in [0.05, 0.1) is 0 Å². The van der Waals surface area contributed by atoms with Crippen LogP contribution in [0.25, 0.3) is 0 Å². The van der Waals surface area contributed by atoms with Crippen LogP contribution in [0.15, 0.2) is 16.8 Å². The molecule has 0 bridgehead atoms. The van der Waals surface area contributed by atoms with Crippen molar-refractivity contribution in [1.82, 2.24) is 0 Å². The Morgan fingerprint density at radius 3 is 2.83 bits per heavy atom. The zero-order valence-electron chi connectivity index (χ0n) is 7.05. The van der Waals surface area contributed by atoms with E-state index in [0.29, 0.717) is 5.41 Å². The summed E-state index contributed by atoms with van der Waals surface area (Å²) in [6.45, 7) is 0. The van der Waals surface area contributed by atoms with E-state index in [1.165, 1.54) is 36.6 Å². The van der Waals surface area contributed by atoms with Crippen LogP contribution in [-0.4, -0.2) is 5.33 Å². The summed E-state index contributed by atoms with van der Waals surface area (Å²) in [4.78, 5) is 0. The Morgan fingerprint density at radius 1 is 1.50 bits per heavy atom. The number of thiophene rings is 1. The van der Waals surface area contributed by atoms with Gasteiger partial charge in [-0.25, -0.2) is 0 Å². The maximum Gasteiger partial charge on any atom is 0.00880 e. The van der Waals surface area contributed by atoms with Crippen molar-refractivity contribution >= 4 is 27.3 Å². The van der Waals surface area contributed by atoms with Crippen LogP contribution in [0.4, 0.5) is 0 Å². The molecule has 0 nitrogen and oxygen atoms in total. The second-order valence-electron chi connectivity index (χ2n) is 3.77. The molecule has 0 aromatic carbocycles. The lowest BCUT2D eigenvalue weighted by atomic mass is 10.0. The van der Waals surface area contributed by atoms with Gasteiger partial charge in [-0.15, -0.1) is 0 Å². The zero-order valence-corrected chi connectivity index (χ0v) is 9.46. The van der Waals surface area contributed by atoms with Gasteiger partial charge in [-0.05, 0) is 53.5 Å². The molecular formula is C10H13BrS. The Hall–Kier alpha value is 0.180. The topological polar surface area (TPSA) is 0 Å². The van der Waals surface area contributed by atoms with Crippen molar-refractivity contribution in [2.24, 2.45) is 5.41 Å². The molecule has 1 aromatic rings. The van der Waals surface area contributed by atoms with E-state index in [1.807, 2.05) is 0 Å². The minimum atomic E-state index is 0.682. The molecule has 0 spiro atoms. The number of hydrogen-bond donors (Lipinski definition) is 0. The highest BCUT2D eigenvalue weighted by molar-refractivity contribution is 9.09. The molecule has 12 heavy (non-hydrogen) atoms. The molecule has 0 aliphatic heterocycles. The summed E-state index contributed by atoms with van der Waals surface area (Å²) >= 11 is 5.41. The van der Waals surface area contributed by atoms with E-state index in [4.69, 9.17) is 0 Å². The molecule has 0 saturated heterocycles. The van der Waals surface area contributed by atoms with Crippen molar-refractivity contribution in [2.45, 2.75) is 25.7 Å². The molecule has 1 aliphatic rings. The van der Waals surface area contributed by atoms with Crippen LogP contribution in [0.1, 0.15) is 24.8 Å². The summed E-state index contributed by atoms with van der Waals surface area (Å²) in [6, 6.07) is 2.25. The van der Waals surface area contributed by atoms with Gasteiger partial charge in [0.25, 0.3) is 0 Å². The van der Waals surface area contributed by atoms with Crippen molar-refractivity contribution in [2.75, 3.05) is 5.33 Å². The number of aryl methyl sites for hydroxylation is 1. The molecule has 0 amide bonds. The van der Waals surface area contributed by atoms with E-state index in [0.717, 1.165) is 0 Å². The average Bonchev–Trinajstić information content (AvgIpc) is 2.70. The molecule has 1 saturated carbocycles. The molecule has 1 aliphatic carbocycles. The molecule has 2 heteroatoms. The van der Waals surface area contributed by atoms with Crippen LogP contribution in [-0.2, 0) is 6.42 Å². The lowest BCUT2D eigenvalue weighted by Crippen LogP contribution is -2.02. The fourth-order valence-corrected chi connectivity index (χ4v) is 3.02. The van der Waals surface area contributed by atoms with E-state index in [2.05, 4.69) is 32.8 Å². The minimum absolute atomic E-state index is 0.682. The standard InChI is InChI=1S/C10H13BrS/c11-8-10(4-5-10)3-1-9-2-6-12-7-9/h2,6-7H,1,3-5,8H2. The average molecular weight is 245 g/mol. The Kier molecular flexibility index (Phi) is 2.56. The van der Waals surface area contributed by atoms with Crippen LogP contribution < -0.4 is 0 Å².